The molecule has 0 heterocycles. The minimum absolute atomic E-state index is 0. The molecule has 0 amide bonds. The summed E-state index contributed by atoms with van der Waals surface area (Å²) >= 11 is 20.0. The molecule has 0 fully saturated rings. The van der Waals surface area contributed by atoms with Crippen LogP contribution >= 0.6 is 35.9 Å². The Bertz CT molecular complexity index is 1100. The van der Waals surface area contributed by atoms with Crippen molar-refractivity contribution in [2.24, 2.45) is 0 Å². The van der Waals surface area contributed by atoms with E-state index in [1.165, 1.54) is 385 Å². The van der Waals surface area contributed by atoms with Crippen LogP contribution in [0.15, 0.2) is 0 Å². The fourth-order valence-corrected chi connectivity index (χ4v) is 14.9. The van der Waals surface area contributed by atoms with Gasteiger partial charge in [0.15, 0.2) is 0 Å². The zero-order valence-electron chi connectivity index (χ0n) is 59.3. The molecule has 512 valence electrons. The predicted molar refractivity (Wildman–Crippen MR) is 403 cm³/mol. The van der Waals surface area contributed by atoms with E-state index in [-0.39, 0.29) is 85.4 Å². The van der Waals surface area contributed by atoms with Crippen LogP contribution in [0.1, 0.15) is 439 Å². The van der Waals surface area contributed by atoms with Gasteiger partial charge in [-0.05, 0) is 49.3 Å². The molecule has 0 radical (unpaired) electrons. The van der Waals surface area contributed by atoms with Gasteiger partial charge in [-0.1, -0.05) is 437 Å². The fourth-order valence-electron chi connectivity index (χ4n) is 11.4. The maximum Gasteiger partial charge on any atom is 2.00 e. The molecule has 0 aliphatic carbocycles. The van der Waals surface area contributed by atoms with Gasteiger partial charge in [0.25, 0.3) is 0 Å². The Morgan fingerprint density at radius 2 is 0.264 bits per heavy atom. The summed E-state index contributed by atoms with van der Waals surface area (Å²) in [6.45, 7) is 12.0. The first-order chi connectivity index (χ1) is 40.2. The summed E-state index contributed by atoms with van der Waals surface area (Å²) in [6, 6.07) is 0. The van der Waals surface area contributed by atoms with Crippen molar-refractivity contribution >= 4 is 86.5 Å². The van der Waals surface area contributed by atoms with Crippen LogP contribution in [-0.2, 0) is 127 Å². The molecular formula is C72H150O4P2S6Zn3+2. The third-order valence-corrected chi connectivity index (χ3v) is 21.7. The van der Waals surface area contributed by atoms with Crippen molar-refractivity contribution in [3.05, 3.63) is 0 Å². The van der Waals surface area contributed by atoms with Gasteiger partial charge in [-0.25, -0.2) is 0 Å². The van der Waals surface area contributed by atoms with Crippen molar-refractivity contribution in [1.29, 1.82) is 0 Å². The molecule has 87 heavy (non-hydrogen) atoms. The second-order valence-electron chi connectivity index (χ2n) is 25.5. The molecular weight excluding hydrogens is 1380 g/mol. The summed E-state index contributed by atoms with van der Waals surface area (Å²) in [5.41, 5.74) is -4.69. The number of rotatable bonds is 72. The topological polar surface area (TPSA) is 36.9 Å². The molecule has 0 rings (SSSR count). The van der Waals surface area contributed by atoms with Gasteiger partial charge < -0.3 is 45.1 Å². The smallest absolute Gasteiger partial charge is 2.00 e. The Hall–Kier alpha value is 4.41. The standard InChI is InChI=1S/2C36H75O2PS2.2S.3Zn/c2*1-3-5-7-9-11-13-15-17-19-21-23-25-27-29-31-33-35-37-39(40,41)38-36-34-32-30-28-26-24-22-20-18-16-14-12-10-8-6-4-2;;;;;/h2*3-36H2,1-2H3,(H,40,41);;;;;/q;;2*-2;3*+2. The van der Waals surface area contributed by atoms with Gasteiger partial charge in [-0.3, -0.25) is 0 Å². The van der Waals surface area contributed by atoms with Crippen molar-refractivity contribution < 1.29 is 76.5 Å². The number of hydrogen-bond donors (Lipinski definition) is 2. The number of thiol groups is 2. The molecule has 0 unspecified atom stereocenters. The molecule has 0 saturated heterocycles. The summed E-state index contributed by atoms with van der Waals surface area (Å²) < 4.78 is 23.4. The molecule has 0 aromatic carbocycles. The normalized spacial score (nSPS) is 11.3. The molecule has 0 atom stereocenters. The maximum atomic E-state index is 5.85. The van der Waals surface area contributed by atoms with Gasteiger partial charge in [-0.15, -0.1) is 0 Å². The molecule has 0 aliphatic heterocycles. The quantitative estimate of drug-likeness (QED) is 0.0274. The van der Waals surface area contributed by atoms with Crippen LogP contribution in [0.2, 0.25) is 0 Å². The van der Waals surface area contributed by atoms with E-state index in [1.54, 1.807) is 0 Å². The maximum absolute atomic E-state index is 5.85. The first kappa shape index (κ1) is 105. The van der Waals surface area contributed by atoms with Crippen molar-refractivity contribution in [3.63, 3.8) is 0 Å². The average molecular weight is 1530 g/mol. The van der Waals surface area contributed by atoms with Crippen molar-refractivity contribution in [1.82, 2.24) is 0 Å². The molecule has 0 N–H and O–H groups in total. The molecule has 0 spiro atoms. The first-order valence-corrected chi connectivity index (χ1v) is 45.1. The Morgan fingerprint density at radius 3 is 0.356 bits per heavy atom. The van der Waals surface area contributed by atoms with E-state index >= 15 is 0 Å². The fraction of sp³-hybridized carbons (Fsp3) is 1.00. The molecule has 0 saturated carbocycles. The van der Waals surface area contributed by atoms with E-state index in [4.69, 9.17) is 41.7 Å². The minimum atomic E-state index is -2.34. The van der Waals surface area contributed by atoms with E-state index in [9.17, 15) is 0 Å². The molecule has 0 aromatic rings. The van der Waals surface area contributed by atoms with Crippen LogP contribution in [0, 0.1) is 0 Å². The van der Waals surface area contributed by atoms with Gasteiger partial charge >= 0.3 is 58.4 Å². The average Bonchev–Trinajstić information content (AvgIpc) is 3.46. The zero-order chi connectivity index (χ0) is 59.9. The summed E-state index contributed by atoms with van der Waals surface area (Å²) in [6.07, 6.45) is 88.6. The third-order valence-electron chi connectivity index (χ3n) is 17.0. The van der Waals surface area contributed by atoms with Crippen LogP contribution in [0.5, 0.6) is 0 Å². The Balaban J connectivity index is -0.000000278. The summed E-state index contributed by atoms with van der Waals surface area (Å²) in [4.78, 5) is 0. The molecule has 15 heteroatoms. The largest absolute Gasteiger partial charge is 2.00 e. The Labute approximate surface area is 622 Å². The summed E-state index contributed by atoms with van der Waals surface area (Å²) in [5.74, 6) is 0. The molecule has 0 bridgehead atoms. The second-order valence-corrected chi connectivity index (χ2v) is 36.1. The molecule has 4 nitrogen and oxygen atoms in total. The van der Waals surface area contributed by atoms with Crippen LogP contribution in [0.3, 0.4) is 0 Å². The van der Waals surface area contributed by atoms with Gasteiger partial charge in [0, 0.05) is 0 Å². The van der Waals surface area contributed by atoms with Gasteiger partial charge in [-0.2, -0.15) is 0 Å². The molecule has 0 aromatic heterocycles. The van der Waals surface area contributed by atoms with E-state index in [1.807, 2.05) is 0 Å². The van der Waals surface area contributed by atoms with Gasteiger partial charge in [0.05, 0.1) is 26.4 Å². The number of unbranched alkanes of at least 4 members (excludes halogenated alkanes) is 60. The zero-order valence-corrected chi connectivity index (χ0v) is 75.0. The van der Waals surface area contributed by atoms with Crippen molar-refractivity contribution in [2.45, 2.75) is 439 Å². The minimum Gasteiger partial charge on any atom is -2.00 e. The van der Waals surface area contributed by atoms with Crippen LogP contribution in [-0.4, -0.2) is 26.4 Å². The van der Waals surface area contributed by atoms with E-state index in [2.05, 4.69) is 52.2 Å². The van der Waals surface area contributed by atoms with Gasteiger partial charge in [0.2, 0.25) is 11.4 Å². The first-order valence-electron chi connectivity index (χ1n) is 37.5. The SMILES string of the molecule is CCCCCCCCCCCCCCCCCCOP(=S)(S)OCCCCCCCCCCCCCCCCCC.CCCCCCCCCCCCCCCCCCOP(=S)(S)OCCCCCCCCCCCCCCCCCC.[S-2].[S-2].[Zn+2].[Zn+2].[Zn+2]. The second kappa shape index (κ2) is 92.5. The van der Waals surface area contributed by atoms with E-state index in [0.29, 0.717) is 26.4 Å². The third kappa shape index (κ3) is 99.2. The van der Waals surface area contributed by atoms with Crippen molar-refractivity contribution in [2.75, 3.05) is 26.4 Å². The van der Waals surface area contributed by atoms with Crippen LogP contribution in [0.25, 0.3) is 0 Å². The Morgan fingerprint density at radius 1 is 0.184 bits per heavy atom. The predicted octanol–water partition coefficient (Wildman–Crippen LogP) is 29.4. The summed E-state index contributed by atoms with van der Waals surface area (Å²) in [5, 5.41) is 0. The van der Waals surface area contributed by atoms with Crippen LogP contribution < -0.4 is 0 Å². The molecule has 0 aliphatic rings. The van der Waals surface area contributed by atoms with E-state index < -0.39 is 11.4 Å². The monoisotopic (exact) mass is 1520 g/mol. The van der Waals surface area contributed by atoms with Crippen molar-refractivity contribution in [3.8, 4) is 0 Å². The summed E-state index contributed by atoms with van der Waals surface area (Å²) in [7, 11) is 0. The van der Waals surface area contributed by atoms with Crippen LogP contribution in [0.4, 0.5) is 0 Å². The van der Waals surface area contributed by atoms with Gasteiger partial charge in [0.1, 0.15) is 0 Å². The Kier molecular flexibility index (Phi) is 111. The number of hydrogen-bond acceptors (Lipinski definition) is 6. The van der Waals surface area contributed by atoms with E-state index in [0.717, 1.165) is 25.7 Å².